The van der Waals surface area contributed by atoms with Gasteiger partial charge in [0.15, 0.2) is 0 Å². The lowest BCUT2D eigenvalue weighted by molar-refractivity contribution is -0.0499. The minimum absolute atomic E-state index is 0.00734. The second kappa shape index (κ2) is 6.47. The van der Waals surface area contributed by atoms with Gasteiger partial charge in [-0.3, -0.25) is 0 Å². The summed E-state index contributed by atoms with van der Waals surface area (Å²) >= 11 is 0. The molecule has 0 bridgehead atoms. The van der Waals surface area contributed by atoms with Crippen molar-refractivity contribution in [2.45, 2.75) is 26.1 Å². The summed E-state index contributed by atoms with van der Waals surface area (Å²) in [6.07, 6.45) is 3.61. The van der Waals surface area contributed by atoms with Crippen molar-refractivity contribution in [3.8, 4) is 5.75 Å². The topological polar surface area (TPSA) is 39.1 Å². The van der Waals surface area contributed by atoms with Gasteiger partial charge in [-0.1, -0.05) is 12.1 Å². The molecular weight excluding hydrogens is 264 g/mol. The molecule has 0 radical (unpaired) electrons. The van der Waals surface area contributed by atoms with Crippen LogP contribution in [0.3, 0.4) is 0 Å². The van der Waals surface area contributed by atoms with E-state index in [1.165, 1.54) is 6.07 Å². The van der Waals surface area contributed by atoms with Crippen molar-refractivity contribution in [3.63, 3.8) is 0 Å². The van der Waals surface area contributed by atoms with E-state index < -0.39 is 6.61 Å². The van der Waals surface area contributed by atoms with Crippen LogP contribution in [-0.4, -0.2) is 16.2 Å². The Labute approximate surface area is 116 Å². The molecule has 0 fully saturated rings. The molecule has 20 heavy (non-hydrogen) atoms. The SMILES string of the molecule is CC(NCc1nccn1C)c1cccc(OC(F)F)c1. The fourth-order valence-electron chi connectivity index (χ4n) is 1.89. The van der Waals surface area contributed by atoms with E-state index in [1.54, 1.807) is 18.3 Å². The van der Waals surface area contributed by atoms with Crippen LogP contribution in [0.25, 0.3) is 0 Å². The van der Waals surface area contributed by atoms with Crippen molar-refractivity contribution in [2.75, 3.05) is 0 Å². The summed E-state index contributed by atoms with van der Waals surface area (Å²) in [5, 5.41) is 3.30. The summed E-state index contributed by atoms with van der Waals surface area (Å²) in [7, 11) is 1.92. The van der Waals surface area contributed by atoms with Gasteiger partial charge < -0.3 is 14.6 Å². The molecular formula is C14H17F2N3O. The third-order valence-corrected chi connectivity index (χ3v) is 3.07. The highest BCUT2D eigenvalue weighted by atomic mass is 19.3. The summed E-state index contributed by atoms with van der Waals surface area (Å²) in [4.78, 5) is 4.21. The zero-order valence-electron chi connectivity index (χ0n) is 11.4. The van der Waals surface area contributed by atoms with Gasteiger partial charge in [-0.05, 0) is 24.6 Å². The molecule has 2 rings (SSSR count). The molecule has 108 valence electrons. The second-order valence-electron chi connectivity index (χ2n) is 4.51. The van der Waals surface area contributed by atoms with Crippen molar-refractivity contribution < 1.29 is 13.5 Å². The molecule has 0 saturated heterocycles. The summed E-state index contributed by atoms with van der Waals surface area (Å²) in [5.41, 5.74) is 0.886. The number of nitrogens with zero attached hydrogens (tertiary/aromatic N) is 2. The highest BCUT2D eigenvalue weighted by molar-refractivity contribution is 5.30. The van der Waals surface area contributed by atoms with Gasteiger partial charge in [-0.2, -0.15) is 8.78 Å². The molecule has 0 spiro atoms. The van der Waals surface area contributed by atoms with Crippen molar-refractivity contribution in [3.05, 3.63) is 48.0 Å². The van der Waals surface area contributed by atoms with Gasteiger partial charge in [-0.25, -0.2) is 4.98 Å². The molecule has 6 heteroatoms. The van der Waals surface area contributed by atoms with Gasteiger partial charge in [0, 0.05) is 25.5 Å². The maximum absolute atomic E-state index is 12.2. The Morgan fingerprint density at radius 2 is 2.20 bits per heavy atom. The van der Waals surface area contributed by atoms with Crippen LogP contribution in [0.2, 0.25) is 0 Å². The molecule has 1 atom stereocenters. The second-order valence-corrected chi connectivity index (χ2v) is 4.51. The smallest absolute Gasteiger partial charge is 0.387 e. The molecule has 4 nitrogen and oxygen atoms in total. The van der Waals surface area contributed by atoms with Gasteiger partial charge in [0.1, 0.15) is 11.6 Å². The van der Waals surface area contributed by atoms with E-state index in [9.17, 15) is 8.78 Å². The lowest BCUT2D eigenvalue weighted by atomic mass is 10.1. The summed E-state index contributed by atoms with van der Waals surface area (Å²) < 4.78 is 30.7. The van der Waals surface area contributed by atoms with Crippen LogP contribution < -0.4 is 10.1 Å². The minimum atomic E-state index is -2.80. The average Bonchev–Trinajstić information content (AvgIpc) is 2.81. The number of nitrogens with one attached hydrogen (secondary N) is 1. The van der Waals surface area contributed by atoms with Crippen LogP contribution in [0.5, 0.6) is 5.75 Å². The molecule has 0 aliphatic rings. The Bertz CT molecular complexity index is 557. The molecule has 1 aromatic carbocycles. The summed E-state index contributed by atoms with van der Waals surface area (Å²) in [6, 6.07) is 6.71. The van der Waals surface area contributed by atoms with Crippen LogP contribution in [0, 0.1) is 0 Å². The lowest BCUT2D eigenvalue weighted by Gasteiger charge is -2.15. The standard InChI is InChI=1S/C14H17F2N3O/c1-10(18-9-13-17-6-7-19(13)2)11-4-3-5-12(8-11)20-14(15)16/h3-8,10,14,18H,9H2,1-2H3. The summed E-state index contributed by atoms with van der Waals surface area (Å²) in [6.45, 7) is -0.240. The molecule has 0 aliphatic heterocycles. The number of hydrogen-bond donors (Lipinski definition) is 1. The van der Waals surface area contributed by atoms with E-state index in [0.717, 1.165) is 11.4 Å². The molecule has 1 unspecified atom stereocenters. The van der Waals surface area contributed by atoms with Gasteiger partial charge in [0.25, 0.3) is 0 Å². The molecule has 1 heterocycles. The third-order valence-electron chi connectivity index (χ3n) is 3.07. The molecule has 0 saturated carbocycles. The van der Waals surface area contributed by atoms with Crippen molar-refractivity contribution in [2.24, 2.45) is 7.05 Å². The predicted octanol–water partition coefficient (Wildman–Crippen LogP) is 2.87. The van der Waals surface area contributed by atoms with Crippen LogP contribution in [-0.2, 0) is 13.6 Å². The number of ether oxygens (including phenoxy) is 1. The van der Waals surface area contributed by atoms with Gasteiger partial charge in [0.2, 0.25) is 0 Å². The Morgan fingerprint density at radius 1 is 1.40 bits per heavy atom. The quantitative estimate of drug-likeness (QED) is 0.885. The number of benzene rings is 1. The van der Waals surface area contributed by atoms with Crippen LogP contribution in [0.15, 0.2) is 36.7 Å². The molecule has 2 aromatic rings. The van der Waals surface area contributed by atoms with Crippen molar-refractivity contribution >= 4 is 0 Å². The number of imidazole rings is 1. The number of alkyl halides is 2. The summed E-state index contributed by atoms with van der Waals surface area (Å²) in [5.74, 6) is 1.08. The Morgan fingerprint density at radius 3 is 2.85 bits per heavy atom. The lowest BCUT2D eigenvalue weighted by Crippen LogP contribution is -2.20. The van der Waals surface area contributed by atoms with Crippen LogP contribution in [0.4, 0.5) is 8.78 Å². The third kappa shape index (κ3) is 3.77. The maximum atomic E-state index is 12.2. The van der Waals surface area contributed by atoms with Crippen molar-refractivity contribution in [1.29, 1.82) is 0 Å². The van der Waals surface area contributed by atoms with E-state index in [-0.39, 0.29) is 11.8 Å². The first kappa shape index (κ1) is 14.5. The van der Waals surface area contributed by atoms with Gasteiger partial charge >= 0.3 is 6.61 Å². The Balaban J connectivity index is 1.98. The van der Waals surface area contributed by atoms with E-state index in [0.29, 0.717) is 6.54 Å². The highest BCUT2D eigenvalue weighted by Gasteiger charge is 2.09. The predicted molar refractivity (Wildman–Crippen MR) is 71.5 cm³/mol. The zero-order valence-corrected chi connectivity index (χ0v) is 11.4. The number of halogens is 2. The number of aryl methyl sites for hydroxylation is 1. The highest BCUT2D eigenvalue weighted by Crippen LogP contribution is 2.20. The normalized spacial score (nSPS) is 12.7. The Hall–Kier alpha value is -1.95. The van der Waals surface area contributed by atoms with Crippen molar-refractivity contribution in [1.82, 2.24) is 14.9 Å². The maximum Gasteiger partial charge on any atom is 0.387 e. The van der Waals surface area contributed by atoms with E-state index in [1.807, 2.05) is 30.8 Å². The number of rotatable bonds is 6. The average molecular weight is 281 g/mol. The molecule has 1 N–H and O–H groups in total. The fourth-order valence-corrected chi connectivity index (χ4v) is 1.89. The fraction of sp³-hybridized carbons (Fsp3) is 0.357. The molecule has 0 amide bonds. The molecule has 0 aliphatic carbocycles. The van der Waals surface area contributed by atoms with E-state index in [2.05, 4.69) is 15.0 Å². The number of hydrogen-bond acceptors (Lipinski definition) is 3. The minimum Gasteiger partial charge on any atom is -0.435 e. The first-order valence-electron chi connectivity index (χ1n) is 6.30. The molecule has 1 aromatic heterocycles. The first-order valence-corrected chi connectivity index (χ1v) is 6.30. The van der Waals surface area contributed by atoms with Gasteiger partial charge in [0.05, 0.1) is 6.54 Å². The van der Waals surface area contributed by atoms with E-state index >= 15 is 0 Å². The van der Waals surface area contributed by atoms with Crippen LogP contribution in [0.1, 0.15) is 24.4 Å². The Kier molecular flexibility index (Phi) is 4.68. The monoisotopic (exact) mass is 281 g/mol. The first-order chi connectivity index (χ1) is 9.56. The largest absolute Gasteiger partial charge is 0.435 e. The van der Waals surface area contributed by atoms with Gasteiger partial charge in [-0.15, -0.1) is 0 Å². The number of aromatic nitrogens is 2. The van der Waals surface area contributed by atoms with E-state index in [4.69, 9.17) is 0 Å². The zero-order chi connectivity index (χ0) is 14.5. The van der Waals surface area contributed by atoms with Crippen LogP contribution >= 0.6 is 0 Å².